The molecule has 0 atom stereocenters. The third kappa shape index (κ3) is 2.65. The Morgan fingerprint density at radius 3 is 2.68 bits per heavy atom. The van der Waals surface area contributed by atoms with Gasteiger partial charge in [0.15, 0.2) is 0 Å². The zero-order valence-corrected chi connectivity index (χ0v) is 9.93. The molecular weight excluding hydrogens is 287 g/mol. The first-order chi connectivity index (χ1) is 9.44. The molecule has 1 aromatic rings. The van der Waals surface area contributed by atoms with Crippen molar-refractivity contribution in [2.24, 2.45) is 0 Å². The molecule has 0 radical (unpaired) electrons. The highest BCUT2D eigenvalue weighted by Gasteiger charge is 2.48. The molecule has 104 valence electrons. The average Bonchev–Trinajstić information content (AvgIpc) is 2.33. The fourth-order valence-corrected chi connectivity index (χ4v) is 1.86. The molecule has 0 fully saturated rings. The Balaban J connectivity index is 2.45. The highest BCUT2D eigenvalue weighted by Crippen LogP contribution is 2.28. The van der Waals surface area contributed by atoms with Crippen LogP contribution in [-0.2, 0) is 16.5 Å². The predicted molar refractivity (Wildman–Crippen MR) is 58.1 cm³/mol. The number of carbonyl (C=O) groups is 1. The summed E-state index contributed by atoms with van der Waals surface area (Å²) in [4.78, 5) is 11.5. The summed E-state index contributed by atoms with van der Waals surface area (Å²) >= 11 is 0. The van der Waals surface area contributed by atoms with Crippen LogP contribution in [0.2, 0.25) is 0 Å². The Kier molecular flexibility index (Phi) is 2.57. The van der Waals surface area contributed by atoms with E-state index >= 15 is 0 Å². The summed E-state index contributed by atoms with van der Waals surface area (Å²) in [5.41, 5.74) is -5.93. The lowest BCUT2D eigenvalue weighted by Crippen LogP contribution is -2.32. The van der Waals surface area contributed by atoms with Crippen LogP contribution in [0.15, 0.2) is 18.2 Å². The first-order valence-corrected chi connectivity index (χ1v) is 6.28. The largest absolute Gasteiger partial charge is 0.534 e. The zero-order chi connectivity index (χ0) is 16.1. The van der Waals surface area contributed by atoms with Crippen LogP contribution in [0.25, 0.3) is 0 Å². The molecule has 1 aliphatic heterocycles. The van der Waals surface area contributed by atoms with E-state index in [0.29, 0.717) is 0 Å². The number of amides is 1. The van der Waals surface area contributed by atoms with Gasteiger partial charge in [-0.25, -0.2) is 0 Å². The summed E-state index contributed by atoms with van der Waals surface area (Å²) < 4.78 is 77.7. The van der Waals surface area contributed by atoms with Gasteiger partial charge in [-0.1, -0.05) is 0 Å². The Morgan fingerprint density at radius 1 is 1.37 bits per heavy atom. The molecule has 1 amide bonds. The van der Waals surface area contributed by atoms with Gasteiger partial charge < -0.3 is 9.50 Å². The molecule has 0 spiro atoms. The number of hydrogen-bond acceptors (Lipinski definition) is 4. The molecule has 1 N–H and O–H groups in total. The zero-order valence-electron chi connectivity index (χ0n) is 11.1. The third-order valence-corrected chi connectivity index (χ3v) is 3.23. The highest BCUT2D eigenvalue weighted by molar-refractivity contribution is 7.88. The minimum absolute atomic E-state index is 0.0944. The van der Waals surface area contributed by atoms with Crippen LogP contribution in [0.3, 0.4) is 0 Å². The Bertz CT molecular complexity index is 703. The minimum Gasteiger partial charge on any atom is -0.376 e. The average molecular weight is 297 g/mol. The van der Waals surface area contributed by atoms with Crippen molar-refractivity contribution in [3.05, 3.63) is 29.3 Å². The van der Waals surface area contributed by atoms with Crippen molar-refractivity contribution < 1.29 is 33.3 Å². The normalized spacial score (nSPS) is 19.8. The molecule has 0 saturated carbocycles. The first-order valence-electron chi connectivity index (χ1n) is 5.87. The number of hydrogen-bond donors (Lipinski definition) is 1. The maximum atomic E-state index is 12.2. The molecule has 1 aromatic carbocycles. The van der Waals surface area contributed by atoms with Crippen LogP contribution in [0.5, 0.6) is 5.75 Å². The van der Waals surface area contributed by atoms with Crippen LogP contribution in [0.4, 0.5) is 13.2 Å². The Hall–Kier alpha value is -1.77. The lowest BCUT2D eigenvalue weighted by atomic mass is 10.0. The van der Waals surface area contributed by atoms with Gasteiger partial charge in [0.1, 0.15) is 5.75 Å². The molecule has 0 saturated heterocycles. The molecule has 2 rings (SSSR count). The van der Waals surface area contributed by atoms with Gasteiger partial charge in [0.2, 0.25) is 0 Å². The van der Waals surface area contributed by atoms with Crippen molar-refractivity contribution in [2.45, 2.75) is 11.9 Å². The van der Waals surface area contributed by atoms with Crippen LogP contribution >= 0.6 is 0 Å². The third-order valence-electron chi connectivity index (χ3n) is 2.25. The van der Waals surface area contributed by atoms with Crippen LogP contribution < -0.4 is 9.50 Å². The summed E-state index contributed by atoms with van der Waals surface area (Å²) in [7, 11) is -5.85. The van der Waals surface area contributed by atoms with E-state index in [1.54, 1.807) is 0 Å². The standard InChI is InChI=1S/C10H8F3NO4S/c11-10(12,13)19(16,17)18-7-1-2-8-6(5-7)3-4-14-9(8)15/h1-2,5H,3-4H2,(H,14,15)/i3D2. The summed E-state index contributed by atoms with van der Waals surface area (Å²) in [5, 5.41) is 2.27. The van der Waals surface area contributed by atoms with E-state index in [9.17, 15) is 26.4 Å². The van der Waals surface area contributed by atoms with Gasteiger partial charge in [-0.3, -0.25) is 4.79 Å². The van der Waals surface area contributed by atoms with E-state index in [1.165, 1.54) is 0 Å². The second kappa shape index (κ2) is 4.41. The molecule has 1 heterocycles. The molecular formula is C10H8F3NO4S. The summed E-state index contributed by atoms with van der Waals surface area (Å²) in [6.45, 7) is -0.381. The van der Waals surface area contributed by atoms with E-state index < -0.39 is 33.7 Å². The number of benzene rings is 1. The highest BCUT2D eigenvalue weighted by atomic mass is 32.2. The molecule has 19 heavy (non-hydrogen) atoms. The first kappa shape index (κ1) is 11.1. The van der Waals surface area contributed by atoms with Crippen molar-refractivity contribution in [3.8, 4) is 5.75 Å². The van der Waals surface area contributed by atoms with Crippen LogP contribution in [0.1, 0.15) is 18.7 Å². The number of halogens is 3. The van der Waals surface area contributed by atoms with Crippen molar-refractivity contribution in [1.82, 2.24) is 5.32 Å². The van der Waals surface area contributed by atoms with E-state index in [2.05, 4.69) is 9.50 Å². The van der Waals surface area contributed by atoms with Gasteiger partial charge in [-0.05, 0) is 30.1 Å². The quantitative estimate of drug-likeness (QED) is 0.657. The van der Waals surface area contributed by atoms with Gasteiger partial charge in [0, 0.05) is 14.8 Å². The van der Waals surface area contributed by atoms with E-state index in [-0.39, 0.29) is 17.7 Å². The van der Waals surface area contributed by atoms with E-state index in [1.807, 2.05) is 0 Å². The molecule has 0 unspecified atom stereocenters. The number of fused-ring (bicyclic) bond motifs is 1. The van der Waals surface area contributed by atoms with E-state index in [4.69, 9.17) is 2.74 Å². The molecule has 0 bridgehead atoms. The number of alkyl halides is 3. The smallest absolute Gasteiger partial charge is 0.376 e. The van der Waals surface area contributed by atoms with Gasteiger partial charge in [-0.2, -0.15) is 21.6 Å². The number of carbonyl (C=O) groups excluding carboxylic acids is 1. The second-order valence-electron chi connectivity index (χ2n) is 3.55. The maximum absolute atomic E-state index is 12.2. The summed E-state index contributed by atoms with van der Waals surface area (Å²) in [6.07, 6.45) is -2.05. The van der Waals surface area contributed by atoms with Crippen molar-refractivity contribution in [3.63, 3.8) is 0 Å². The summed E-state index contributed by atoms with van der Waals surface area (Å²) in [6, 6.07) is 2.63. The lowest BCUT2D eigenvalue weighted by Gasteiger charge is -2.17. The fraction of sp³-hybridized carbons (Fsp3) is 0.300. The topological polar surface area (TPSA) is 72.5 Å². The van der Waals surface area contributed by atoms with Crippen molar-refractivity contribution >= 4 is 16.0 Å². The van der Waals surface area contributed by atoms with Gasteiger partial charge in [0.25, 0.3) is 5.91 Å². The van der Waals surface area contributed by atoms with Gasteiger partial charge in [-0.15, -0.1) is 0 Å². The van der Waals surface area contributed by atoms with E-state index in [0.717, 1.165) is 18.2 Å². The number of rotatable bonds is 2. The number of nitrogens with one attached hydrogen (secondary N) is 1. The van der Waals surface area contributed by atoms with Crippen molar-refractivity contribution in [1.29, 1.82) is 0 Å². The van der Waals surface area contributed by atoms with Gasteiger partial charge in [0.05, 0.1) is 0 Å². The molecule has 0 aliphatic carbocycles. The minimum atomic E-state index is -5.85. The maximum Gasteiger partial charge on any atom is 0.534 e. The Labute approximate surface area is 109 Å². The molecule has 9 heteroatoms. The monoisotopic (exact) mass is 297 g/mol. The predicted octanol–water partition coefficient (Wildman–Crippen LogP) is 1.20. The molecule has 1 aliphatic rings. The SMILES string of the molecule is [2H]C1([2H])CNC(=O)c2ccc(OS(=O)(=O)C(F)(F)F)cc21. The molecule has 0 aromatic heterocycles. The van der Waals surface area contributed by atoms with Gasteiger partial charge >= 0.3 is 15.6 Å². The van der Waals surface area contributed by atoms with Crippen molar-refractivity contribution in [2.75, 3.05) is 6.54 Å². The second-order valence-corrected chi connectivity index (χ2v) is 5.09. The fourth-order valence-electron chi connectivity index (χ4n) is 1.41. The summed E-state index contributed by atoms with van der Waals surface area (Å²) in [5.74, 6) is -1.32. The lowest BCUT2D eigenvalue weighted by molar-refractivity contribution is -0.0500. The molecule has 5 nitrogen and oxygen atoms in total. The van der Waals surface area contributed by atoms with Crippen LogP contribution in [-0.4, -0.2) is 26.4 Å². The Morgan fingerprint density at radius 2 is 2.05 bits per heavy atom. The van der Waals surface area contributed by atoms with Crippen LogP contribution in [0, 0.1) is 0 Å².